The highest BCUT2D eigenvalue weighted by molar-refractivity contribution is 5.88. The molecular weight excluding hydrogens is 392 g/mol. The van der Waals surface area contributed by atoms with Crippen molar-refractivity contribution in [3.05, 3.63) is 66.1 Å². The van der Waals surface area contributed by atoms with Crippen LogP contribution in [0.5, 0.6) is 5.75 Å². The van der Waals surface area contributed by atoms with Crippen molar-refractivity contribution < 1.29 is 14.1 Å². The number of nitrogens with one attached hydrogen (secondary N) is 1. The zero-order chi connectivity index (χ0) is 21.2. The molecule has 1 amide bonds. The number of nitrogens with zero attached hydrogens (tertiary/aromatic N) is 3. The predicted octanol–water partition coefficient (Wildman–Crippen LogP) is 4.18. The standard InChI is InChI=1S/C24H24N4O3/c1-30-21-9-5-3-7-19(21)24-26-23(27-31-24)16-10-12-28(13-11-16)22(29)14-17-15-25-20-8-4-2-6-18(17)20/h2-9,15-16,25H,10-14H2,1H3. The number of H-pyrrole nitrogens is 1. The van der Waals surface area contributed by atoms with Crippen LogP contribution >= 0.6 is 0 Å². The first-order chi connectivity index (χ1) is 15.2. The highest BCUT2D eigenvalue weighted by atomic mass is 16.5. The Bertz CT molecular complexity index is 1200. The maximum atomic E-state index is 12.9. The van der Waals surface area contributed by atoms with E-state index in [1.807, 2.05) is 53.6 Å². The topological polar surface area (TPSA) is 84.2 Å². The molecule has 1 aliphatic heterocycles. The lowest BCUT2D eigenvalue weighted by Crippen LogP contribution is -2.38. The molecule has 7 nitrogen and oxygen atoms in total. The summed E-state index contributed by atoms with van der Waals surface area (Å²) in [5.74, 6) is 2.21. The number of benzene rings is 2. The van der Waals surface area contributed by atoms with Crippen LogP contribution in [-0.2, 0) is 11.2 Å². The molecule has 1 saturated heterocycles. The van der Waals surface area contributed by atoms with Gasteiger partial charge in [-0.3, -0.25) is 4.79 Å². The summed E-state index contributed by atoms with van der Waals surface area (Å²) in [6.07, 6.45) is 4.00. The molecule has 0 saturated carbocycles. The number of likely N-dealkylation sites (tertiary alicyclic amines) is 1. The Balaban J connectivity index is 1.23. The molecule has 0 unspecified atom stereocenters. The van der Waals surface area contributed by atoms with E-state index in [9.17, 15) is 4.79 Å². The first-order valence-corrected chi connectivity index (χ1v) is 10.5. The lowest BCUT2D eigenvalue weighted by atomic mass is 9.95. The molecule has 1 N–H and O–H groups in total. The third-order valence-electron chi connectivity index (χ3n) is 6.01. The summed E-state index contributed by atoms with van der Waals surface area (Å²) in [7, 11) is 1.62. The molecule has 0 radical (unpaired) electrons. The molecule has 7 heteroatoms. The van der Waals surface area contributed by atoms with E-state index in [0.717, 1.165) is 34.9 Å². The van der Waals surface area contributed by atoms with E-state index in [0.29, 0.717) is 37.0 Å². The average molecular weight is 416 g/mol. The smallest absolute Gasteiger partial charge is 0.261 e. The van der Waals surface area contributed by atoms with Crippen LogP contribution in [0.15, 0.2) is 59.3 Å². The van der Waals surface area contributed by atoms with Gasteiger partial charge < -0.3 is 19.1 Å². The van der Waals surface area contributed by atoms with Gasteiger partial charge in [0, 0.05) is 36.1 Å². The Kier molecular flexibility index (Phi) is 5.16. The van der Waals surface area contributed by atoms with Crippen molar-refractivity contribution in [1.29, 1.82) is 0 Å². The molecule has 5 rings (SSSR count). The molecule has 0 spiro atoms. The molecule has 4 aromatic rings. The van der Waals surface area contributed by atoms with Gasteiger partial charge in [0.25, 0.3) is 5.89 Å². The van der Waals surface area contributed by atoms with Gasteiger partial charge in [0.1, 0.15) is 5.75 Å². The number of ether oxygens (including phenoxy) is 1. The Morgan fingerprint density at radius 3 is 2.77 bits per heavy atom. The first kappa shape index (κ1) is 19.4. The maximum absolute atomic E-state index is 12.9. The van der Waals surface area contributed by atoms with Gasteiger partial charge in [-0.25, -0.2) is 0 Å². The minimum Gasteiger partial charge on any atom is -0.496 e. The highest BCUT2D eigenvalue weighted by Gasteiger charge is 2.28. The van der Waals surface area contributed by atoms with Gasteiger partial charge in [-0.2, -0.15) is 4.98 Å². The van der Waals surface area contributed by atoms with Crippen LogP contribution in [0.2, 0.25) is 0 Å². The molecular formula is C24H24N4O3. The minimum absolute atomic E-state index is 0.158. The van der Waals surface area contributed by atoms with Crippen molar-refractivity contribution in [2.45, 2.75) is 25.2 Å². The van der Waals surface area contributed by atoms with Gasteiger partial charge in [-0.1, -0.05) is 35.5 Å². The SMILES string of the molecule is COc1ccccc1-c1nc(C2CCN(C(=O)Cc3c[nH]c4ccccc34)CC2)no1. The molecule has 2 aromatic carbocycles. The van der Waals surface area contributed by atoms with Gasteiger partial charge >= 0.3 is 0 Å². The van der Waals surface area contributed by atoms with E-state index >= 15 is 0 Å². The first-order valence-electron chi connectivity index (χ1n) is 10.5. The quantitative estimate of drug-likeness (QED) is 0.528. The van der Waals surface area contributed by atoms with E-state index in [2.05, 4.69) is 21.2 Å². The Labute approximate surface area is 180 Å². The van der Waals surface area contributed by atoms with Crippen LogP contribution in [0.25, 0.3) is 22.4 Å². The average Bonchev–Trinajstić information content (AvgIpc) is 3.47. The molecule has 0 aliphatic carbocycles. The van der Waals surface area contributed by atoms with Gasteiger partial charge in [0.15, 0.2) is 5.82 Å². The fourth-order valence-corrected chi connectivity index (χ4v) is 4.27. The van der Waals surface area contributed by atoms with Crippen molar-refractivity contribution in [3.8, 4) is 17.2 Å². The van der Waals surface area contributed by atoms with Crippen LogP contribution in [0.1, 0.15) is 30.1 Å². The fourth-order valence-electron chi connectivity index (χ4n) is 4.27. The number of para-hydroxylation sites is 2. The van der Waals surface area contributed by atoms with Crippen molar-refractivity contribution in [2.75, 3.05) is 20.2 Å². The summed E-state index contributed by atoms with van der Waals surface area (Å²) in [5, 5.41) is 5.32. The van der Waals surface area contributed by atoms with Crippen LogP contribution in [-0.4, -0.2) is 46.1 Å². The highest BCUT2D eigenvalue weighted by Crippen LogP contribution is 2.32. The fraction of sp³-hybridized carbons (Fsp3) is 0.292. The van der Waals surface area contributed by atoms with Gasteiger partial charge in [-0.15, -0.1) is 0 Å². The molecule has 0 bridgehead atoms. The summed E-state index contributed by atoms with van der Waals surface area (Å²) in [5.41, 5.74) is 2.89. The lowest BCUT2D eigenvalue weighted by molar-refractivity contribution is -0.131. The second kappa shape index (κ2) is 8.26. The number of carbonyl (C=O) groups is 1. The molecule has 1 aliphatic rings. The molecule has 3 heterocycles. The van der Waals surface area contributed by atoms with Crippen LogP contribution in [0, 0.1) is 0 Å². The van der Waals surface area contributed by atoms with E-state index in [-0.39, 0.29) is 11.8 Å². The molecule has 2 aromatic heterocycles. The van der Waals surface area contributed by atoms with Gasteiger partial charge in [0.2, 0.25) is 5.91 Å². The van der Waals surface area contributed by atoms with Crippen LogP contribution in [0.4, 0.5) is 0 Å². The number of carbonyl (C=O) groups excluding carboxylic acids is 1. The Morgan fingerprint density at radius 1 is 1.16 bits per heavy atom. The monoisotopic (exact) mass is 416 g/mol. The Hall–Kier alpha value is -3.61. The van der Waals surface area contributed by atoms with Crippen LogP contribution < -0.4 is 4.74 Å². The third kappa shape index (κ3) is 3.79. The summed E-state index contributed by atoms with van der Waals surface area (Å²) in [6.45, 7) is 1.40. The number of hydrogen-bond donors (Lipinski definition) is 1. The second-order valence-electron chi connectivity index (χ2n) is 7.85. The van der Waals surface area contributed by atoms with E-state index in [4.69, 9.17) is 9.26 Å². The Morgan fingerprint density at radius 2 is 1.94 bits per heavy atom. The largest absolute Gasteiger partial charge is 0.496 e. The van der Waals surface area contributed by atoms with Crippen molar-refractivity contribution >= 4 is 16.8 Å². The molecule has 158 valence electrons. The van der Waals surface area contributed by atoms with E-state index in [1.165, 1.54) is 0 Å². The summed E-state index contributed by atoms with van der Waals surface area (Å²) in [4.78, 5) is 22.7. The number of hydrogen-bond acceptors (Lipinski definition) is 5. The minimum atomic E-state index is 0.158. The van der Waals surface area contributed by atoms with Gasteiger partial charge in [0.05, 0.1) is 19.1 Å². The number of amides is 1. The number of methoxy groups -OCH3 is 1. The number of rotatable bonds is 5. The van der Waals surface area contributed by atoms with Crippen molar-refractivity contribution in [3.63, 3.8) is 0 Å². The number of aromatic amines is 1. The zero-order valence-electron chi connectivity index (χ0n) is 17.4. The molecule has 31 heavy (non-hydrogen) atoms. The summed E-state index contributed by atoms with van der Waals surface area (Å²) in [6, 6.07) is 15.7. The van der Waals surface area contributed by atoms with Gasteiger partial charge in [-0.05, 0) is 36.6 Å². The maximum Gasteiger partial charge on any atom is 0.261 e. The van der Waals surface area contributed by atoms with E-state index in [1.54, 1.807) is 7.11 Å². The van der Waals surface area contributed by atoms with Crippen molar-refractivity contribution in [1.82, 2.24) is 20.0 Å². The third-order valence-corrected chi connectivity index (χ3v) is 6.01. The van der Waals surface area contributed by atoms with Crippen molar-refractivity contribution in [2.24, 2.45) is 0 Å². The lowest BCUT2D eigenvalue weighted by Gasteiger charge is -2.30. The molecule has 0 atom stereocenters. The number of aromatic nitrogens is 3. The summed E-state index contributed by atoms with van der Waals surface area (Å²) < 4.78 is 10.9. The normalized spacial score (nSPS) is 14.8. The number of piperidine rings is 1. The number of fused-ring (bicyclic) bond motifs is 1. The van der Waals surface area contributed by atoms with E-state index < -0.39 is 0 Å². The summed E-state index contributed by atoms with van der Waals surface area (Å²) >= 11 is 0. The van der Waals surface area contributed by atoms with Crippen LogP contribution in [0.3, 0.4) is 0 Å². The zero-order valence-corrected chi connectivity index (χ0v) is 17.4. The predicted molar refractivity (Wildman–Crippen MR) is 117 cm³/mol. The second-order valence-corrected chi connectivity index (χ2v) is 7.85. The molecule has 1 fully saturated rings.